The fraction of sp³-hybridized carbons (Fsp3) is 0.895. The molecule has 134 valence electrons. The van der Waals surface area contributed by atoms with Gasteiger partial charge in [-0.1, -0.05) is 19.3 Å². The van der Waals surface area contributed by atoms with Crippen LogP contribution in [-0.4, -0.2) is 42.4 Å². The lowest BCUT2D eigenvalue weighted by atomic mass is 9.89. The zero-order chi connectivity index (χ0) is 16.7. The fourth-order valence-electron chi connectivity index (χ4n) is 4.97. The highest BCUT2D eigenvalue weighted by atomic mass is 16.2. The lowest BCUT2D eigenvalue weighted by Gasteiger charge is -2.27. The van der Waals surface area contributed by atoms with Crippen LogP contribution < -0.4 is 11.1 Å². The highest BCUT2D eigenvalue weighted by molar-refractivity contribution is 6.07. The number of rotatable bonds is 6. The van der Waals surface area contributed by atoms with Crippen molar-refractivity contribution in [3.8, 4) is 0 Å². The zero-order valence-corrected chi connectivity index (χ0v) is 14.6. The Bertz CT molecular complexity index is 507. The van der Waals surface area contributed by atoms with E-state index in [9.17, 15) is 9.59 Å². The standard InChI is InChI=1S/C19H31N3O2/c20-17(23)19(8-9-19)18(24)21-16-12-22(11-15(16)14-6-7-14)10-13-4-2-1-3-5-13/h13-16H,1-12H2,(H2,20,23)(H,21,24). The zero-order valence-electron chi connectivity index (χ0n) is 14.6. The molecular weight excluding hydrogens is 302 g/mol. The summed E-state index contributed by atoms with van der Waals surface area (Å²) in [6.45, 7) is 3.27. The van der Waals surface area contributed by atoms with Crippen molar-refractivity contribution in [1.29, 1.82) is 0 Å². The topological polar surface area (TPSA) is 75.4 Å². The number of nitrogens with two attached hydrogens (primary N) is 1. The van der Waals surface area contributed by atoms with Crippen molar-refractivity contribution in [3.05, 3.63) is 0 Å². The van der Waals surface area contributed by atoms with Crippen molar-refractivity contribution in [2.45, 2.75) is 63.8 Å². The van der Waals surface area contributed by atoms with Gasteiger partial charge in [-0.05, 0) is 56.3 Å². The highest BCUT2D eigenvalue weighted by Gasteiger charge is 2.56. The number of nitrogens with zero attached hydrogens (tertiary/aromatic N) is 1. The van der Waals surface area contributed by atoms with E-state index in [-0.39, 0.29) is 11.9 Å². The van der Waals surface area contributed by atoms with E-state index in [0.717, 1.165) is 24.9 Å². The van der Waals surface area contributed by atoms with Gasteiger partial charge in [-0.3, -0.25) is 9.59 Å². The third-order valence-electron chi connectivity index (χ3n) is 6.88. The first-order valence-corrected chi connectivity index (χ1v) is 9.92. The maximum absolute atomic E-state index is 12.6. The minimum atomic E-state index is -0.884. The van der Waals surface area contributed by atoms with E-state index >= 15 is 0 Å². The van der Waals surface area contributed by atoms with Gasteiger partial charge in [0.15, 0.2) is 0 Å². The molecule has 1 aliphatic heterocycles. The average Bonchev–Trinajstić information content (AvgIpc) is 3.47. The first-order valence-electron chi connectivity index (χ1n) is 9.92. The summed E-state index contributed by atoms with van der Waals surface area (Å²) in [6, 6.07) is 0.213. The van der Waals surface area contributed by atoms with Crippen LogP contribution in [0.25, 0.3) is 0 Å². The van der Waals surface area contributed by atoms with Crippen molar-refractivity contribution >= 4 is 11.8 Å². The molecule has 0 aromatic rings. The predicted molar refractivity (Wildman–Crippen MR) is 92.0 cm³/mol. The molecule has 0 aromatic carbocycles. The van der Waals surface area contributed by atoms with Gasteiger partial charge in [0.2, 0.25) is 11.8 Å². The van der Waals surface area contributed by atoms with Crippen LogP contribution in [0.5, 0.6) is 0 Å². The van der Waals surface area contributed by atoms with Crippen LogP contribution in [0.4, 0.5) is 0 Å². The number of amides is 2. The minimum absolute atomic E-state index is 0.106. The molecule has 1 heterocycles. The van der Waals surface area contributed by atoms with E-state index < -0.39 is 11.3 Å². The molecule has 5 nitrogen and oxygen atoms in total. The van der Waals surface area contributed by atoms with Crippen molar-refractivity contribution in [3.63, 3.8) is 0 Å². The van der Waals surface area contributed by atoms with Crippen LogP contribution in [0.1, 0.15) is 57.8 Å². The first kappa shape index (κ1) is 16.4. The molecule has 0 radical (unpaired) electrons. The maximum Gasteiger partial charge on any atom is 0.235 e. The molecule has 0 spiro atoms. The number of hydrogen-bond acceptors (Lipinski definition) is 3. The molecule has 4 rings (SSSR count). The van der Waals surface area contributed by atoms with E-state index in [1.54, 1.807) is 0 Å². The van der Waals surface area contributed by atoms with Crippen LogP contribution in [0.3, 0.4) is 0 Å². The van der Waals surface area contributed by atoms with Gasteiger partial charge >= 0.3 is 0 Å². The summed E-state index contributed by atoms with van der Waals surface area (Å²) in [5.41, 5.74) is 4.57. The molecule has 0 aromatic heterocycles. The largest absolute Gasteiger partial charge is 0.369 e. The summed E-state index contributed by atoms with van der Waals surface area (Å²) in [5.74, 6) is 1.63. The fourth-order valence-corrected chi connectivity index (χ4v) is 4.97. The second kappa shape index (κ2) is 6.32. The second-order valence-corrected chi connectivity index (χ2v) is 8.75. The van der Waals surface area contributed by atoms with Crippen molar-refractivity contribution in [2.24, 2.45) is 28.9 Å². The van der Waals surface area contributed by atoms with E-state index in [1.165, 1.54) is 51.5 Å². The Hall–Kier alpha value is -1.10. The van der Waals surface area contributed by atoms with Gasteiger partial charge in [-0.15, -0.1) is 0 Å². The lowest BCUT2D eigenvalue weighted by molar-refractivity contribution is -0.136. The molecule has 2 unspecified atom stereocenters. The highest BCUT2D eigenvalue weighted by Crippen LogP contribution is 2.47. The Morgan fingerprint density at radius 2 is 1.75 bits per heavy atom. The van der Waals surface area contributed by atoms with Crippen molar-refractivity contribution < 1.29 is 9.59 Å². The van der Waals surface area contributed by atoms with Crippen LogP contribution in [0.2, 0.25) is 0 Å². The lowest BCUT2D eigenvalue weighted by Crippen LogP contribution is -2.48. The molecule has 4 fully saturated rings. The number of likely N-dealkylation sites (tertiary alicyclic amines) is 1. The monoisotopic (exact) mass is 333 g/mol. The SMILES string of the molecule is NC(=O)C1(C(=O)NC2CN(CC3CCCCC3)CC2C2CC2)CC1. The van der Waals surface area contributed by atoms with Crippen LogP contribution in [-0.2, 0) is 9.59 Å². The van der Waals surface area contributed by atoms with Gasteiger partial charge in [-0.25, -0.2) is 0 Å². The molecule has 3 aliphatic carbocycles. The summed E-state index contributed by atoms with van der Waals surface area (Å²) in [7, 11) is 0. The summed E-state index contributed by atoms with van der Waals surface area (Å²) in [5, 5.41) is 3.22. The number of carbonyl (C=O) groups excluding carboxylic acids is 2. The Kier molecular flexibility index (Phi) is 4.31. The third-order valence-corrected chi connectivity index (χ3v) is 6.88. The van der Waals surface area contributed by atoms with Gasteiger partial charge in [-0.2, -0.15) is 0 Å². The Balaban J connectivity index is 1.36. The van der Waals surface area contributed by atoms with Gasteiger partial charge in [0.1, 0.15) is 5.41 Å². The Morgan fingerprint density at radius 3 is 2.33 bits per heavy atom. The summed E-state index contributed by atoms with van der Waals surface area (Å²) in [4.78, 5) is 26.8. The molecular formula is C19H31N3O2. The number of primary amides is 1. The van der Waals surface area contributed by atoms with E-state index in [0.29, 0.717) is 18.8 Å². The molecule has 3 N–H and O–H groups in total. The van der Waals surface area contributed by atoms with Crippen LogP contribution in [0.15, 0.2) is 0 Å². The minimum Gasteiger partial charge on any atom is -0.369 e. The quantitative estimate of drug-likeness (QED) is 0.726. The van der Waals surface area contributed by atoms with E-state index in [4.69, 9.17) is 5.73 Å². The van der Waals surface area contributed by atoms with Gasteiger partial charge in [0, 0.05) is 25.7 Å². The molecule has 24 heavy (non-hydrogen) atoms. The third kappa shape index (κ3) is 3.19. The first-order chi connectivity index (χ1) is 11.6. The molecule has 4 aliphatic rings. The summed E-state index contributed by atoms with van der Waals surface area (Å²) < 4.78 is 0. The Labute approximate surface area is 144 Å². The van der Waals surface area contributed by atoms with Crippen LogP contribution in [0, 0.1) is 23.2 Å². The molecule has 1 saturated heterocycles. The predicted octanol–water partition coefficient (Wildman–Crippen LogP) is 1.66. The van der Waals surface area contributed by atoms with Gasteiger partial charge in [0.25, 0.3) is 0 Å². The summed E-state index contributed by atoms with van der Waals surface area (Å²) >= 11 is 0. The van der Waals surface area contributed by atoms with Gasteiger partial charge in [0.05, 0.1) is 0 Å². The van der Waals surface area contributed by atoms with E-state index in [2.05, 4.69) is 10.2 Å². The van der Waals surface area contributed by atoms with Crippen molar-refractivity contribution in [1.82, 2.24) is 10.2 Å². The molecule has 3 saturated carbocycles. The summed E-state index contributed by atoms with van der Waals surface area (Å²) in [6.07, 6.45) is 10.7. The number of hydrogen-bond donors (Lipinski definition) is 2. The number of carbonyl (C=O) groups is 2. The van der Waals surface area contributed by atoms with Gasteiger partial charge < -0.3 is 16.0 Å². The smallest absolute Gasteiger partial charge is 0.235 e. The average molecular weight is 333 g/mol. The maximum atomic E-state index is 12.6. The molecule has 5 heteroatoms. The molecule has 0 bridgehead atoms. The van der Waals surface area contributed by atoms with Crippen LogP contribution >= 0.6 is 0 Å². The molecule has 2 atom stereocenters. The van der Waals surface area contributed by atoms with Crippen molar-refractivity contribution in [2.75, 3.05) is 19.6 Å². The Morgan fingerprint density at radius 1 is 1.04 bits per heavy atom. The van der Waals surface area contributed by atoms with E-state index in [1.807, 2.05) is 0 Å². The number of nitrogens with one attached hydrogen (secondary N) is 1. The molecule has 2 amide bonds. The normalized spacial score (nSPS) is 33.3. The second-order valence-electron chi connectivity index (χ2n) is 8.75.